The van der Waals surface area contributed by atoms with Crippen LogP contribution in [-0.4, -0.2) is 98.3 Å². The summed E-state index contributed by atoms with van der Waals surface area (Å²) in [5.41, 5.74) is 2.03. The molecule has 0 unspecified atom stereocenters. The van der Waals surface area contributed by atoms with E-state index in [2.05, 4.69) is 21.6 Å². The average Bonchev–Trinajstić information content (AvgIpc) is 3.01. The van der Waals surface area contributed by atoms with Crippen molar-refractivity contribution < 1.29 is 28.6 Å². The first-order chi connectivity index (χ1) is 20.4. The fourth-order valence-electron chi connectivity index (χ4n) is 5.85. The maximum atomic E-state index is 13.9. The SMILES string of the molecule is COCC(=O)N[C@@H]1CC[C@H]2CCOc3ccccc3C(=O)N3CCN(Cc4ccc(C#N)cc4)C[C@H]3C(=O)NC[C@H]1O2. The Morgan fingerprint density at radius 3 is 2.71 bits per heavy atom. The van der Waals surface area contributed by atoms with Gasteiger partial charge in [-0.05, 0) is 42.7 Å². The standard InChI is InChI=1S/C31H37N5O6/c1-40-20-29(37)34-25-11-10-23-12-15-41-27-5-3-2-4-24(27)31(39)36-14-13-35(18-22-8-6-21(16-32)7-9-22)19-26(36)30(38)33-17-28(25)42-23/h2-9,23,25-26,28H,10-15,17-20H2,1H3,(H,33,38)(H,34,37)/t23-,25+,26-,28+/m0/s1. The number of piperazine rings is 1. The Kier molecular flexibility index (Phi) is 9.69. The minimum Gasteiger partial charge on any atom is -0.493 e. The molecule has 222 valence electrons. The van der Waals surface area contributed by atoms with Crippen molar-refractivity contribution in [2.45, 2.75) is 50.1 Å². The number of fused-ring (bicyclic) bond motifs is 4. The minimum atomic E-state index is -0.749. The van der Waals surface area contributed by atoms with E-state index in [0.717, 1.165) is 12.0 Å². The first kappa shape index (κ1) is 29.5. The molecule has 0 radical (unpaired) electrons. The van der Waals surface area contributed by atoms with Gasteiger partial charge in [-0.2, -0.15) is 5.26 Å². The van der Waals surface area contributed by atoms with E-state index in [1.54, 1.807) is 35.2 Å². The number of carbonyl (C=O) groups is 3. The molecule has 2 fully saturated rings. The molecular weight excluding hydrogens is 538 g/mol. The van der Waals surface area contributed by atoms with Gasteiger partial charge in [0.2, 0.25) is 11.8 Å². The van der Waals surface area contributed by atoms with Crippen molar-refractivity contribution in [3.8, 4) is 11.8 Å². The fraction of sp³-hybridized carbons (Fsp3) is 0.484. The van der Waals surface area contributed by atoms with E-state index in [1.807, 2.05) is 18.2 Å². The van der Waals surface area contributed by atoms with Crippen molar-refractivity contribution >= 4 is 17.7 Å². The Morgan fingerprint density at radius 1 is 1.12 bits per heavy atom. The number of ether oxygens (including phenoxy) is 3. The van der Waals surface area contributed by atoms with E-state index in [1.165, 1.54) is 7.11 Å². The molecule has 3 heterocycles. The maximum Gasteiger partial charge on any atom is 0.258 e. The number of hydrogen-bond donors (Lipinski definition) is 2. The third-order valence-electron chi connectivity index (χ3n) is 8.05. The van der Waals surface area contributed by atoms with Gasteiger partial charge in [-0.1, -0.05) is 24.3 Å². The molecule has 0 aliphatic carbocycles. The third-order valence-corrected chi connectivity index (χ3v) is 8.05. The van der Waals surface area contributed by atoms with Crippen LogP contribution in [0.1, 0.15) is 40.7 Å². The summed E-state index contributed by atoms with van der Waals surface area (Å²) < 4.78 is 17.4. The van der Waals surface area contributed by atoms with E-state index in [-0.39, 0.29) is 43.0 Å². The van der Waals surface area contributed by atoms with Gasteiger partial charge in [-0.3, -0.25) is 19.3 Å². The average molecular weight is 576 g/mol. The lowest BCUT2D eigenvalue weighted by atomic mass is 9.96. The lowest BCUT2D eigenvalue weighted by Gasteiger charge is -2.42. The highest BCUT2D eigenvalue weighted by Crippen LogP contribution is 2.26. The summed E-state index contributed by atoms with van der Waals surface area (Å²) in [5.74, 6) is -0.286. The van der Waals surface area contributed by atoms with Gasteiger partial charge in [-0.25, -0.2) is 0 Å². The van der Waals surface area contributed by atoms with Gasteiger partial charge in [0, 0.05) is 46.3 Å². The van der Waals surface area contributed by atoms with Gasteiger partial charge in [-0.15, -0.1) is 0 Å². The van der Waals surface area contributed by atoms with Gasteiger partial charge < -0.3 is 29.7 Å². The zero-order chi connectivity index (χ0) is 29.5. The first-order valence-corrected chi connectivity index (χ1v) is 14.4. The molecule has 5 rings (SSSR count). The predicted molar refractivity (Wildman–Crippen MR) is 153 cm³/mol. The number of methoxy groups -OCH3 is 1. The Balaban J connectivity index is 1.38. The van der Waals surface area contributed by atoms with Crippen LogP contribution in [0.4, 0.5) is 0 Å². The number of nitriles is 1. The van der Waals surface area contributed by atoms with E-state index in [9.17, 15) is 14.4 Å². The summed E-state index contributed by atoms with van der Waals surface area (Å²) in [6, 6.07) is 15.6. The minimum absolute atomic E-state index is 0.0551. The molecule has 3 aliphatic heterocycles. The Morgan fingerprint density at radius 2 is 1.93 bits per heavy atom. The molecule has 2 aromatic carbocycles. The van der Waals surface area contributed by atoms with Crippen LogP contribution in [0.3, 0.4) is 0 Å². The van der Waals surface area contributed by atoms with Crippen LogP contribution in [0, 0.1) is 11.3 Å². The number of para-hydroxylation sites is 1. The zero-order valence-electron chi connectivity index (χ0n) is 23.8. The van der Waals surface area contributed by atoms with Crippen LogP contribution in [0.5, 0.6) is 5.75 Å². The van der Waals surface area contributed by atoms with E-state index < -0.39 is 12.1 Å². The summed E-state index contributed by atoms with van der Waals surface area (Å²) in [6.07, 6.45) is 1.49. The molecule has 0 aromatic heterocycles. The quantitative estimate of drug-likeness (QED) is 0.548. The maximum absolute atomic E-state index is 13.9. The lowest BCUT2D eigenvalue weighted by molar-refractivity contribution is -0.132. The molecule has 0 spiro atoms. The van der Waals surface area contributed by atoms with Gasteiger partial charge in [0.1, 0.15) is 18.4 Å². The lowest BCUT2D eigenvalue weighted by Crippen LogP contribution is -2.62. The number of hydrogen-bond acceptors (Lipinski definition) is 8. The highest BCUT2D eigenvalue weighted by molar-refractivity contribution is 6.00. The molecule has 2 aromatic rings. The molecule has 0 saturated carbocycles. The Hall–Kier alpha value is -3.98. The largest absolute Gasteiger partial charge is 0.493 e. The fourth-order valence-corrected chi connectivity index (χ4v) is 5.85. The van der Waals surface area contributed by atoms with Crippen molar-refractivity contribution in [2.75, 3.05) is 46.5 Å². The van der Waals surface area contributed by atoms with Crippen LogP contribution >= 0.6 is 0 Å². The molecule has 3 aliphatic rings. The van der Waals surface area contributed by atoms with Crippen LogP contribution in [0.2, 0.25) is 0 Å². The third kappa shape index (κ3) is 7.07. The number of amides is 3. The van der Waals surface area contributed by atoms with Gasteiger partial charge in [0.25, 0.3) is 5.91 Å². The van der Waals surface area contributed by atoms with Crippen molar-refractivity contribution in [2.24, 2.45) is 0 Å². The molecule has 2 N–H and O–H groups in total. The number of rotatable bonds is 5. The summed E-state index contributed by atoms with van der Waals surface area (Å²) in [7, 11) is 1.47. The summed E-state index contributed by atoms with van der Waals surface area (Å²) in [5, 5.41) is 15.1. The van der Waals surface area contributed by atoms with E-state index in [4.69, 9.17) is 19.5 Å². The molecule has 11 nitrogen and oxygen atoms in total. The summed E-state index contributed by atoms with van der Waals surface area (Å²) in [6.45, 7) is 2.37. The molecule has 2 saturated heterocycles. The number of carbonyl (C=O) groups excluding carboxylic acids is 3. The number of benzene rings is 2. The highest BCUT2D eigenvalue weighted by atomic mass is 16.5. The molecule has 2 bridgehead atoms. The predicted octanol–water partition coefficient (Wildman–Crippen LogP) is 1.46. The second-order valence-corrected chi connectivity index (χ2v) is 10.9. The highest BCUT2D eigenvalue weighted by Gasteiger charge is 2.38. The topological polar surface area (TPSA) is 133 Å². The molecule has 11 heteroatoms. The molecule has 42 heavy (non-hydrogen) atoms. The molecule has 4 atom stereocenters. The van der Waals surface area contributed by atoms with Crippen molar-refractivity contribution in [3.63, 3.8) is 0 Å². The number of nitrogens with one attached hydrogen (secondary N) is 2. The Labute approximate surface area is 245 Å². The Bertz CT molecular complexity index is 1310. The second-order valence-electron chi connectivity index (χ2n) is 10.9. The normalized spacial score (nSPS) is 25.1. The van der Waals surface area contributed by atoms with Crippen LogP contribution in [-0.2, 0) is 25.6 Å². The van der Waals surface area contributed by atoms with Gasteiger partial charge in [0.05, 0.1) is 42.1 Å². The second kappa shape index (κ2) is 13.8. The van der Waals surface area contributed by atoms with Crippen LogP contribution in [0.15, 0.2) is 48.5 Å². The van der Waals surface area contributed by atoms with Gasteiger partial charge in [0.15, 0.2) is 0 Å². The first-order valence-electron chi connectivity index (χ1n) is 14.4. The van der Waals surface area contributed by atoms with Crippen molar-refractivity contribution in [1.82, 2.24) is 20.4 Å². The summed E-state index contributed by atoms with van der Waals surface area (Å²) in [4.78, 5) is 43.7. The zero-order valence-corrected chi connectivity index (χ0v) is 23.8. The van der Waals surface area contributed by atoms with E-state index >= 15 is 0 Å². The monoisotopic (exact) mass is 575 g/mol. The van der Waals surface area contributed by atoms with Crippen molar-refractivity contribution in [1.29, 1.82) is 5.26 Å². The summed E-state index contributed by atoms with van der Waals surface area (Å²) >= 11 is 0. The number of nitrogens with zero attached hydrogens (tertiary/aromatic N) is 3. The van der Waals surface area contributed by atoms with E-state index in [0.29, 0.717) is 62.5 Å². The van der Waals surface area contributed by atoms with Crippen LogP contribution < -0.4 is 15.4 Å². The van der Waals surface area contributed by atoms with Crippen LogP contribution in [0.25, 0.3) is 0 Å². The smallest absolute Gasteiger partial charge is 0.258 e. The molecular formula is C31H37N5O6. The van der Waals surface area contributed by atoms with Gasteiger partial charge >= 0.3 is 0 Å². The van der Waals surface area contributed by atoms with Crippen molar-refractivity contribution in [3.05, 3.63) is 65.2 Å². The molecule has 3 amide bonds.